The van der Waals surface area contributed by atoms with E-state index in [4.69, 9.17) is 9.98 Å². The normalized spacial score (nSPS) is 43.7. The molecule has 0 spiro atoms. The fourth-order valence-corrected chi connectivity index (χ4v) is 11.1. The van der Waals surface area contributed by atoms with Gasteiger partial charge in [0, 0.05) is 18.6 Å². The fraction of sp³-hybridized carbons (Fsp3) is 0.931. The van der Waals surface area contributed by atoms with E-state index in [2.05, 4.69) is 23.1 Å². The second kappa shape index (κ2) is 10.4. The minimum Gasteiger partial charge on any atom is -0.365 e. The van der Waals surface area contributed by atoms with Gasteiger partial charge >= 0.3 is 0 Å². The van der Waals surface area contributed by atoms with Gasteiger partial charge in [-0.1, -0.05) is 23.5 Å². The van der Waals surface area contributed by atoms with E-state index >= 15 is 0 Å². The van der Waals surface area contributed by atoms with Crippen molar-refractivity contribution in [2.75, 3.05) is 25.6 Å². The summed E-state index contributed by atoms with van der Waals surface area (Å²) in [5.41, 5.74) is 0.664. The molecule has 2 N–H and O–H groups in total. The average molecular weight is 517 g/mol. The fourth-order valence-electron chi connectivity index (χ4n) is 10.0. The van der Waals surface area contributed by atoms with Crippen molar-refractivity contribution in [1.82, 2.24) is 10.6 Å². The summed E-state index contributed by atoms with van der Waals surface area (Å²) in [7, 11) is 0. The topological polar surface area (TPSA) is 48.8 Å². The number of hydrogen-bond acceptors (Lipinski definition) is 4. The van der Waals surface area contributed by atoms with Crippen molar-refractivity contribution in [2.45, 2.75) is 107 Å². The number of rotatable bonds is 8. The quantitative estimate of drug-likeness (QED) is 0.214. The highest BCUT2D eigenvalue weighted by atomic mass is 32.2. The minimum atomic E-state index is 0.284. The van der Waals surface area contributed by atoms with Gasteiger partial charge < -0.3 is 10.6 Å². The first-order chi connectivity index (χ1) is 17.0. The molecule has 8 saturated carbocycles. The Morgan fingerprint density at radius 1 is 0.686 bits per heavy atom. The Labute approximate surface area is 222 Å². The molecule has 0 heterocycles. The van der Waals surface area contributed by atoms with E-state index in [1.807, 2.05) is 23.5 Å². The molecule has 0 unspecified atom stereocenters. The van der Waals surface area contributed by atoms with Crippen molar-refractivity contribution in [2.24, 2.45) is 45.5 Å². The number of thioether (sulfide) groups is 2. The zero-order valence-corrected chi connectivity index (χ0v) is 23.8. The zero-order valence-electron chi connectivity index (χ0n) is 22.2. The SMILES string of the molecule is CSC(=NC12CC3CC(CC(C3)C1)C2)NCCCCCN=C(NC12CC3CC(CC(C3)C1)C2)SC. The number of nitrogens with zero attached hydrogens (tertiary/aromatic N) is 2. The van der Waals surface area contributed by atoms with Crippen LogP contribution in [-0.4, -0.2) is 47.0 Å². The standard InChI is InChI=1S/C29H48N4S2/c1-34-26(32-28-14-20-8-21(15-28)10-22(9-20)16-28)30-6-4-3-5-7-31-27(35-2)33-29-17-23-11-24(18-29)13-25(12-23)19-29/h20-25H,3-19H2,1-2H3,(H,30,32)(H,31,33). The first-order valence-corrected chi connectivity index (χ1v) is 17.2. The first-order valence-electron chi connectivity index (χ1n) is 14.8. The van der Waals surface area contributed by atoms with E-state index in [0.29, 0.717) is 5.54 Å². The molecule has 8 aliphatic carbocycles. The minimum absolute atomic E-state index is 0.284. The molecule has 0 aromatic rings. The number of aliphatic imine (C=N–C) groups is 2. The summed E-state index contributed by atoms with van der Waals surface area (Å²) in [5.74, 6) is 5.87. The average Bonchev–Trinajstić information content (AvgIpc) is 2.80. The lowest BCUT2D eigenvalue weighted by Crippen LogP contribution is -2.59. The van der Waals surface area contributed by atoms with Crippen LogP contribution < -0.4 is 10.6 Å². The summed E-state index contributed by atoms with van der Waals surface area (Å²) in [6.07, 6.45) is 25.3. The summed E-state index contributed by atoms with van der Waals surface area (Å²) < 4.78 is 0. The molecular weight excluding hydrogens is 468 g/mol. The second-order valence-electron chi connectivity index (χ2n) is 13.5. The summed E-state index contributed by atoms with van der Waals surface area (Å²) in [6, 6.07) is 0. The number of amidine groups is 2. The van der Waals surface area contributed by atoms with Crippen LogP contribution in [0.15, 0.2) is 9.98 Å². The van der Waals surface area contributed by atoms with Gasteiger partial charge in [0.05, 0.1) is 5.54 Å². The van der Waals surface area contributed by atoms with Crippen LogP contribution >= 0.6 is 23.5 Å². The molecule has 4 nitrogen and oxygen atoms in total. The van der Waals surface area contributed by atoms with Gasteiger partial charge in [0.15, 0.2) is 10.3 Å². The Kier molecular flexibility index (Phi) is 7.43. The van der Waals surface area contributed by atoms with Gasteiger partial charge in [-0.25, -0.2) is 0 Å². The van der Waals surface area contributed by atoms with Crippen LogP contribution in [0.1, 0.15) is 96.3 Å². The lowest BCUT2D eigenvalue weighted by Gasteiger charge is -2.57. The summed E-state index contributed by atoms with van der Waals surface area (Å²) >= 11 is 3.65. The third kappa shape index (κ3) is 5.59. The van der Waals surface area contributed by atoms with Crippen LogP contribution in [0.25, 0.3) is 0 Å². The molecular formula is C29H48N4S2. The first kappa shape index (κ1) is 24.9. The highest BCUT2D eigenvalue weighted by molar-refractivity contribution is 8.13. The van der Waals surface area contributed by atoms with E-state index in [-0.39, 0.29) is 5.54 Å². The number of unbranched alkanes of at least 4 members (excludes halogenated alkanes) is 2. The molecule has 8 rings (SSSR count). The molecule has 196 valence electrons. The maximum Gasteiger partial charge on any atom is 0.156 e. The van der Waals surface area contributed by atoms with E-state index in [0.717, 1.165) is 48.6 Å². The van der Waals surface area contributed by atoms with Gasteiger partial charge in [0.2, 0.25) is 0 Å². The molecule has 6 heteroatoms. The zero-order chi connectivity index (χ0) is 23.9. The summed E-state index contributed by atoms with van der Waals surface area (Å²) in [6.45, 7) is 2.02. The highest BCUT2D eigenvalue weighted by Gasteiger charge is 2.52. The van der Waals surface area contributed by atoms with Gasteiger partial charge in [-0.2, -0.15) is 0 Å². The lowest BCUT2D eigenvalue weighted by molar-refractivity contribution is -0.00965. The van der Waals surface area contributed by atoms with Crippen molar-refractivity contribution < 1.29 is 0 Å². The van der Waals surface area contributed by atoms with Gasteiger partial charge in [0.25, 0.3) is 0 Å². The van der Waals surface area contributed by atoms with E-state index in [9.17, 15) is 0 Å². The molecule has 8 aliphatic rings. The van der Waals surface area contributed by atoms with Gasteiger partial charge in [-0.3, -0.25) is 9.98 Å². The Morgan fingerprint density at radius 3 is 1.71 bits per heavy atom. The molecule has 0 radical (unpaired) electrons. The maximum absolute atomic E-state index is 5.38. The van der Waals surface area contributed by atoms with Crippen molar-refractivity contribution in [3.8, 4) is 0 Å². The van der Waals surface area contributed by atoms with Gasteiger partial charge in [-0.05, 0) is 144 Å². The largest absolute Gasteiger partial charge is 0.365 e. The Hall–Kier alpha value is -0.360. The molecule has 0 amide bonds. The molecule has 0 saturated heterocycles. The third-order valence-corrected chi connectivity index (χ3v) is 11.7. The van der Waals surface area contributed by atoms with Crippen LogP contribution in [0, 0.1) is 35.5 Å². The van der Waals surface area contributed by atoms with Gasteiger partial charge in [0.1, 0.15) is 0 Å². The van der Waals surface area contributed by atoms with Crippen LogP contribution in [-0.2, 0) is 0 Å². The van der Waals surface area contributed by atoms with Crippen molar-refractivity contribution in [3.63, 3.8) is 0 Å². The van der Waals surface area contributed by atoms with Crippen LogP contribution in [0.3, 0.4) is 0 Å². The predicted molar refractivity (Wildman–Crippen MR) is 154 cm³/mol. The third-order valence-electron chi connectivity index (χ3n) is 10.5. The van der Waals surface area contributed by atoms with E-state index in [1.165, 1.54) is 107 Å². The van der Waals surface area contributed by atoms with Crippen LogP contribution in [0.4, 0.5) is 0 Å². The van der Waals surface area contributed by atoms with Crippen molar-refractivity contribution >= 4 is 33.9 Å². The van der Waals surface area contributed by atoms with E-state index < -0.39 is 0 Å². The van der Waals surface area contributed by atoms with Crippen molar-refractivity contribution in [1.29, 1.82) is 0 Å². The number of hydrogen-bond donors (Lipinski definition) is 2. The van der Waals surface area contributed by atoms with Crippen molar-refractivity contribution in [3.05, 3.63) is 0 Å². The molecule has 0 atom stereocenters. The second-order valence-corrected chi connectivity index (χ2v) is 15.1. The van der Waals surface area contributed by atoms with E-state index in [1.54, 1.807) is 0 Å². The smallest absolute Gasteiger partial charge is 0.156 e. The Morgan fingerprint density at radius 2 is 1.20 bits per heavy atom. The molecule has 0 aliphatic heterocycles. The molecule has 0 aromatic carbocycles. The van der Waals surface area contributed by atoms with Gasteiger partial charge in [-0.15, -0.1) is 0 Å². The Balaban J connectivity index is 0.921. The monoisotopic (exact) mass is 516 g/mol. The number of nitrogens with one attached hydrogen (secondary N) is 2. The Bertz CT molecular complexity index is 751. The summed E-state index contributed by atoms with van der Waals surface area (Å²) in [4.78, 5) is 10.4. The van der Waals surface area contributed by atoms with Crippen LogP contribution in [0.2, 0.25) is 0 Å². The predicted octanol–water partition coefficient (Wildman–Crippen LogP) is 6.71. The summed E-state index contributed by atoms with van der Waals surface area (Å²) in [5, 5.41) is 10.1. The molecule has 35 heavy (non-hydrogen) atoms. The molecule has 8 bridgehead atoms. The lowest BCUT2D eigenvalue weighted by atomic mass is 9.53. The molecule has 8 fully saturated rings. The highest BCUT2D eigenvalue weighted by Crippen LogP contribution is 2.57. The van der Waals surface area contributed by atoms with Crippen LogP contribution in [0.5, 0.6) is 0 Å². The molecule has 0 aromatic heterocycles. The maximum atomic E-state index is 5.38.